The van der Waals surface area contributed by atoms with Crippen LogP contribution in [0.2, 0.25) is 0 Å². The van der Waals surface area contributed by atoms with E-state index in [4.69, 9.17) is 0 Å². The molecule has 3 aromatic rings. The molecule has 0 N–H and O–H groups in total. The van der Waals surface area contributed by atoms with Crippen molar-refractivity contribution >= 4 is 16.6 Å². The van der Waals surface area contributed by atoms with E-state index < -0.39 is 0 Å². The first kappa shape index (κ1) is 12.6. The number of hydrogen-bond donors (Lipinski definition) is 0. The van der Waals surface area contributed by atoms with Crippen LogP contribution < -0.4 is 0 Å². The van der Waals surface area contributed by atoms with Gasteiger partial charge in [-0.1, -0.05) is 66.7 Å². The van der Waals surface area contributed by atoms with Crippen LogP contribution in [0.3, 0.4) is 0 Å². The second-order valence-electron chi connectivity index (χ2n) is 5.11. The number of carbonyl (C=O) groups is 1. The van der Waals surface area contributed by atoms with Crippen molar-refractivity contribution in [2.75, 3.05) is 0 Å². The minimum absolute atomic E-state index is 0.113. The van der Waals surface area contributed by atoms with Crippen LogP contribution in [-0.4, -0.2) is 5.78 Å². The van der Waals surface area contributed by atoms with E-state index in [0.29, 0.717) is 0 Å². The van der Waals surface area contributed by atoms with Crippen molar-refractivity contribution in [3.8, 4) is 0 Å². The van der Waals surface area contributed by atoms with Crippen LogP contribution in [-0.2, 0) is 6.42 Å². The van der Waals surface area contributed by atoms with Gasteiger partial charge in [0.15, 0.2) is 5.78 Å². The number of rotatable bonds is 3. The summed E-state index contributed by atoms with van der Waals surface area (Å²) in [6.07, 6.45) is 0.892. The highest BCUT2D eigenvalue weighted by Crippen LogP contribution is 2.18. The van der Waals surface area contributed by atoms with Gasteiger partial charge < -0.3 is 0 Å². The molecule has 0 heterocycles. The Kier molecular flexibility index (Phi) is 3.34. The van der Waals surface area contributed by atoms with Gasteiger partial charge in [-0.25, -0.2) is 0 Å². The van der Waals surface area contributed by atoms with E-state index in [1.807, 2.05) is 24.3 Å². The Morgan fingerprint density at radius 1 is 0.800 bits per heavy atom. The van der Waals surface area contributed by atoms with Crippen LogP contribution in [0.25, 0.3) is 10.8 Å². The highest BCUT2D eigenvalue weighted by atomic mass is 16.1. The molecule has 1 heteroatoms. The van der Waals surface area contributed by atoms with Crippen molar-refractivity contribution < 1.29 is 4.79 Å². The maximum Gasteiger partial charge on any atom is 0.159 e. The van der Waals surface area contributed by atoms with Crippen LogP contribution >= 0.6 is 0 Å². The van der Waals surface area contributed by atoms with Crippen molar-refractivity contribution in [1.29, 1.82) is 0 Å². The molecule has 0 amide bonds. The molecule has 3 rings (SSSR count). The third-order valence-electron chi connectivity index (χ3n) is 3.58. The molecule has 0 atom stereocenters. The highest BCUT2D eigenvalue weighted by Gasteiger charge is 2.01. The van der Waals surface area contributed by atoms with Gasteiger partial charge in [0.05, 0.1) is 0 Å². The Morgan fingerprint density at radius 3 is 2.15 bits per heavy atom. The SMILES string of the molecule is CC(=O)c1ccc(Cc2ccc3ccccc3c2)cc1. The van der Waals surface area contributed by atoms with E-state index in [1.165, 1.54) is 21.9 Å². The van der Waals surface area contributed by atoms with Crippen molar-refractivity contribution in [2.24, 2.45) is 0 Å². The topological polar surface area (TPSA) is 17.1 Å². The van der Waals surface area contributed by atoms with Crippen LogP contribution in [0.15, 0.2) is 66.7 Å². The third kappa shape index (κ3) is 2.62. The van der Waals surface area contributed by atoms with Gasteiger partial charge in [0.2, 0.25) is 0 Å². The molecule has 0 radical (unpaired) electrons. The summed E-state index contributed by atoms with van der Waals surface area (Å²) in [6, 6.07) is 22.8. The summed E-state index contributed by atoms with van der Waals surface area (Å²) in [4.78, 5) is 11.3. The fourth-order valence-corrected chi connectivity index (χ4v) is 2.44. The molecule has 0 fully saturated rings. The van der Waals surface area contributed by atoms with Gasteiger partial charge in [0.1, 0.15) is 0 Å². The van der Waals surface area contributed by atoms with Crippen molar-refractivity contribution in [3.05, 3.63) is 83.4 Å². The summed E-state index contributed by atoms with van der Waals surface area (Å²) in [5.74, 6) is 0.113. The second kappa shape index (κ2) is 5.30. The Hall–Kier alpha value is -2.41. The fourth-order valence-electron chi connectivity index (χ4n) is 2.44. The standard InChI is InChI=1S/C19H16O/c1-14(20)17-9-6-15(7-10-17)12-16-8-11-18-4-2-3-5-19(18)13-16/h2-11,13H,12H2,1H3. The Morgan fingerprint density at radius 2 is 1.45 bits per heavy atom. The van der Waals surface area contributed by atoms with Crippen molar-refractivity contribution in [2.45, 2.75) is 13.3 Å². The smallest absolute Gasteiger partial charge is 0.159 e. The predicted molar refractivity (Wildman–Crippen MR) is 83.2 cm³/mol. The second-order valence-corrected chi connectivity index (χ2v) is 5.11. The molecule has 0 saturated carbocycles. The van der Waals surface area contributed by atoms with Gasteiger partial charge in [-0.05, 0) is 35.2 Å². The Labute approximate surface area is 118 Å². The van der Waals surface area contributed by atoms with Crippen LogP contribution in [0.5, 0.6) is 0 Å². The van der Waals surface area contributed by atoms with Crippen LogP contribution in [0.4, 0.5) is 0 Å². The van der Waals surface area contributed by atoms with Gasteiger partial charge in [0, 0.05) is 5.56 Å². The van der Waals surface area contributed by atoms with E-state index in [0.717, 1.165) is 12.0 Å². The molecule has 1 nitrogen and oxygen atoms in total. The largest absolute Gasteiger partial charge is 0.295 e. The number of hydrogen-bond acceptors (Lipinski definition) is 1. The van der Waals surface area contributed by atoms with Crippen LogP contribution in [0.1, 0.15) is 28.4 Å². The number of fused-ring (bicyclic) bond motifs is 1. The Balaban J connectivity index is 1.87. The van der Waals surface area contributed by atoms with Gasteiger partial charge in [-0.3, -0.25) is 4.79 Å². The first-order chi connectivity index (χ1) is 9.72. The average molecular weight is 260 g/mol. The highest BCUT2D eigenvalue weighted by molar-refractivity contribution is 5.94. The molecule has 0 aliphatic carbocycles. The lowest BCUT2D eigenvalue weighted by atomic mass is 10.00. The van der Waals surface area contributed by atoms with E-state index in [-0.39, 0.29) is 5.78 Å². The molecule has 0 spiro atoms. The molecule has 0 aliphatic heterocycles. The zero-order chi connectivity index (χ0) is 13.9. The van der Waals surface area contributed by atoms with E-state index in [1.54, 1.807) is 6.92 Å². The number of Topliss-reactive ketones (excluding diaryl/α,β-unsaturated/α-hetero) is 1. The lowest BCUT2D eigenvalue weighted by Gasteiger charge is -2.05. The maximum atomic E-state index is 11.3. The summed E-state index contributed by atoms with van der Waals surface area (Å²) in [5.41, 5.74) is 3.29. The summed E-state index contributed by atoms with van der Waals surface area (Å²) >= 11 is 0. The molecule has 0 aromatic heterocycles. The van der Waals surface area contributed by atoms with Gasteiger partial charge in [0.25, 0.3) is 0 Å². The lowest BCUT2D eigenvalue weighted by Crippen LogP contribution is -1.93. The molecule has 20 heavy (non-hydrogen) atoms. The van der Waals surface area contributed by atoms with Gasteiger partial charge in [-0.15, -0.1) is 0 Å². The van der Waals surface area contributed by atoms with E-state index >= 15 is 0 Å². The molecular weight excluding hydrogens is 244 g/mol. The number of benzene rings is 3. The van der Waals surface area contributed by atoms with Crippen molar-refractivity contribution in [1.82, 2.24) is 0 Å². The monoisotopic (exact) mass is 260 g/mol. The first-order valence-corrected chi connectivity index (χ1v) is 6.80. The minimum atomic E-state index is 0.113. The summed E-state index contributed by atoms with van der Waals surface area (Å²) in [6.45, 7) is 1.60. The molecule has 3 aromatic carbocycles. The van der Waals surface area contributed by atoms with E-state index in [2.05, 4.69) is 42.5 Å². The molecule has 0 aliphatic rings. The summed E-state index contributed by atoms with van der Waals surface area (Å²) in [7, 11) is 0. The normalized spacial score (nSPS) is 10.7. The molecular formula is C19H16O. The van der Waals surface area contributed by atoms with Crippen LogP contribution in [0, 0.1) is 0 Å². The van der Waals surface area contributed by atoms with Gasteiger partial charge in [-0.2, -0.15) is 0 Å². The molecule has 0 saturated heterocycles. The fraction of sp³-hybridized carbons (Fsp3) is 0.105. The quantitative estimate of drug-likeness (QED) is 0.627. The molecule has 98 valence electrons. The first-order valence-electron chi connectivity index (χ1n) is 6.80. The molecule has 0 bridgehead atoms. The minimum Gasteiger partial charge on any atom is -0.295 e. The van der Waals surface area contributed by atoms with Crippen molar-refractivity contribution in [3.63, 3.8) is 0 Å². The zero-order valence-corrected chi connectivity index (χ0v) is 11.5. The number of carbonyl (C=O) groups excluding carboxylic acids is 1. The summed E-state index contributed by atoms with van der Waals surface area (Å²) < 4.78 is 0. The molecule has 0 unspecified atom stereocenters. The Bertz CT molecular complexity index is 754. The maximum absolute atomic E-state index is 11.3. The van der Waals surface area contributed by atoms with E-state index in [9.17, 15) is 4.79 Å². The lowest BCUT2D eigenvalue weighted by molar-refractivity contribution is 0.101. The predicted octanol–water partition coefficient (Wildman–Crippen LogP) is 4.63. The summed E-state index contributed by atoms with van der Waals surface area (Å²) in [5, 5.41) is 2.54. The number of ketones is 1. The average Bonchev–Trinajstić information content (AvgIpc) is 2.48. The van der Waals surface area contributed by atoms with Gasteiger partial charge >= 0.3 is 0 Å². The zero-order valence-electron chi connectivity index (χ0n) is 11.5. The third-order valence-corrected chi connectivity index (χ3v) is 3.58.